The second kappa shape index (κ2) is 6.49. The lowest BCUT2D eigenvalue weighted by Crippen LogP contribution is -2.48. The van der Waals surface area contributed by atoms with Gasteiger partial charge in [-0.3, -0.25) is 0 Å². The first-order valence-corrected chi connectivity index (χ1v) is 9.81. The zero-order valence-electron chi connectivity index (χ0n) is 14.2. The molecule has 1 aliphatic rings. The SMILES string of the molecule is Cc1ccc(-c2ccc(N3CCN(S(C)(=O)=O)CC3)nn2)cc1C. The van der Waals surface area contributed by atoms with E-state index in [1.165, 1.54) is 21.7 Å². The van der Waals surface area contributed by atoms with Gasteiger partial charge in [0.25, 0.3) is 0 Å². The highest BCUT2D eigenvalue weighted by molar-refractivity contribution is 7.88. The second-order valence-corrected chi connectivity index (χ2v) is 8.21. The molecule has 2 aromatic rings. The van der Waals surface area contributed by atoms with Gasteiger partial charge in [0.15, 0.2) is 5.82 Å². The van der Waals surface area contributed by atoms with Crippen LogP contribution in [-0.2, 0) is 10.0 Å². The molecular formula is C17H22N4O2S. The third-order valence-electron chi connectivity index (χ3n) is 4.48. The summed E-state index contributed by atoms with van der Waals surface area (Å²) in [6.45, 7) is 6.40. The number of aryl methyl sites for hydroxylation is 2. The fourth-order valence-corrected chi connectivity index (χ4v) is 3.62. The van der Waals surface area contributed by atoms with Crippen LogP contribution in [0, 0.1) is 13.8 Å². The smallest absolute Gasteiger partial charge is 0.211 e. The number of hydrogen-bond donors (Lipinski definition) is 0. The molecule has 0 saturated carbocycles. The number of benzene rings is 1. The average molecular weight is 346 g/mol. The van der Waals surface area contributed by atoms with Crippen LogP contribution < -0.4 is 4.90 Å². The number of piperazine rings is 1. The molecule has 1 fully saturated rings. The van der Waals surface area contributed by atoms with Crippen molar-refractivity contribution in [2.45, 2.75) is 13.8 Å². The van der Waals surface area contributed by atoms with Gasteiger partial charge in [-0.1, -0.05) is 12.1 Å². The van der Waals surface area contributed by atoms with Gasteiger partial charge in [0.1, 0.15) is 0 Å². The quantitative estimate of drug-likeness (QED) is 0.848. The summed E-state index contributed by atoms with van der Waals surface area (Å²) in [6.07, 6.45) is 1.25. The van der Waals surface area contributed by atoms with Gasteiger partial charge in [-0.15, -0.1) is 10.2 Å². The Balaban J connectivity index is 1.72. The maximum absolute atomic E-state index is 11.6. The Morgan fingerprint density at radius 2 is 1.62 bits per heavy atom. The largest absolute Gasteiger partial charge is 0.352 e. The molecule has 0 amide bonds. The van der Waals surface area contributed by atoms with E-state index in [4.69, 9.17) is 0 Å². The predicted molar refractivity (Wildman–Crippen MR) is 95.6 cm³/mol. The first kappa shape index (κ1) is 16.9. The van der Waals surface area contributed by atoms with Gasteiger partial charge in [-0.2, -0.15) is 4.31 Å². The summed E-state index contributed by atoms with van der Waals surface area (Å²) >= 11 is 0. The van der Waals surface area contributed by atoms with Crippen molar-refractivity contribution < 1.29 is 8.42 Å². The van der Waals surface area contributed by atoms with Crippen LogP contribution in [0.1, 0.15) is 11.1 Å². The highest BCUT2D eigenvalue weighted by Crippen LogP contribution is 2.22. The Hall–Kier alpha value is -1.99. The number of nitrogens with zero attached hydrogens (tertiary/aromatic N) is 4. The van der Waals surface area contributed by atoms with Gasteiger partial charge in [0.05, 0.1) is 11.9 Å². The van der Waals surface area contributed by atoms with Crippen molar-refractivity contribution in [2.75, 3.05) is 37.3 Å². The molecule has 0 aliphatic carbocycles. The number of anilines is 1. The lowest BCUT2D eigenvalue weighted by atomic mass is 10.0. The monoisotopic (exact) mass is 346 g/mol. The van der Waals surface area contributed by atoms with Crippen LogP contribution in [0.4, 0.5) is 5.82 Å². The molecule has 6 nitrogen and oxygen atoms in total. The van der Waals surface area contributed by atoms with Crippen LogP contribution in [0.25, 0.3) is 11.3 Å². The second-order valence-electron chi connectivity index (χ2n) is 6.22. The van der Waals surface area contributed by atoms with E-state index < -0.39 is 10.0 Å². The highest BCUT2D eigenvalue weighted by Gasteiger charge is 2.24. The van der Waals surface area contributed by atoms with Crippen LogP contribution in [0.2, 0.25) is 0 Å². The standard InChI is InChI=1S/C17H22N4O2S/c1-13-4-5-15(12-14(13)2)16-6-7-17(19-18-16)20-8-10-21(11-9-20)24(3,22)23/h4-7,12H,8-11H2,1-3H3. The topological polar surface area (TPSA) is 66.4 Å². The molecule has 0 unspecified atom stereocenters. The molecule has 1 saturated heterocycles. The zero-order chi connectivity index (χ0) is 17.3. The minimum Gasteiger partial charge on any atom is -0.352 e. The summed E-state index contributed by atoms with van der Waals surface area (Å²) in [6, 6.07) is 10.2. The van der Waals surface area contributed by atoms with Gasteiger partial charge in [-0.25, -0.2) is 8.42 Å². The summed E-state index contributed by atoms with van der Waals surface area (Å²) < 4.78 is 24.6. The van der Waals surface area contributed by atoms with Crippen molar-refractivity contribution in [3.63, 3.8) is 0 Å². The van der Waals surface area contributed by atoms with E-state index in [0.29, 0.717) is 26.2 Å². The third-order valence-corrected chi connectivity index (χ3v) is 5.79. The maximum Gasteiger partial charge on any atom is 0.211 e. The van der Waals surface area contributed by atoms with Crippen molar-refractivity contribution in [2.24, 2.45) is 0 Å². The van der Waals surface area contributed by atoms with Crippen molar-refractivity contribution in [1.82, 2.24) is 14.5 Å². The Kier molecular flexibility index (Phi) is 4.56. The van der Waals surface area contributed by atoms with Crippen LogP contribution in [0.3, 0.4) is 0 Å². The molecule has 0 atom stereocenters. The first-order valence-electron chi connectivity index (χ1n) is 7.96. The van der Waals surface area contributed by atoms with E-state index in [2.05, 4.69) is 47.1 Å². The number of aromatic nitrogens is 2. The summed E-state index contributed by atoms with van der Waals surface area (Å²) in [7, 11) is -3.11. The molecule has 3 rings (SSSR count). The summed E-state index contributed by atoms with van der Waals surface area (Å²) in [4.78, 5) is 2.07. The van der Waals surface area contributed by atoms with Gasteiger partial charge in [0.2, 0.25) is 10.0 Å². The third kappa shape index (κ3) is 3.57. The van der Waals surface area contributed by atoms with Crippen LogP contribution in [0.15, 0.2) is 30.3 Å². The van der Waals surface area contributed by atoms with Gasteiger partial charge in [-0.05, 0) is 43.2 Å². The normalized spacial score (nSPS) is 16.4. The molecule has 2 heterocycles. The number of hydrogen-bond acceptors (Lipinski definition) is 5. The fourth-order valence-electron chi connectivity index (χ4n) is 2.80. The van der Waals surface area contributed by atoms with Crippen molar-refractivity contribution in [1.29, 1.82) is 0 Å². The average Bonchev–Trinajstić information content (AvgIpc) is 2.57. The molecule has 0 N–H and O–H groups in total. The molecule has 0 bridgehead atoms. The molecule has 128 valence electrons. The summed E-state index contributed by atoms with van der Waals surface area (Å²) in [5, 5.41) is 8.67. The molecule has 0 spiro atoms. The van der Waals surface area contributed by atoms with Gasteiger partial charge < -0.3 is 4.90 Å². The predicted octanol–water partition coefficient (Wildman–Crippen LogP) is 1.84. The molecule has 1 aromatic carbocycles. The Morgan fingerprint density at radius 3 is 2.17 bits per heavy atom. The minimum atomic E-state index is -3.11. The van der Waals surface area contributed by atoms with Crippen LogP contribution in [-0.4, -0.2) is 55.4 Å². The van der Waals surface area contributed by atoms with Crippen LogP contribution in [0.5, 0.6) is 0 Å². The molecular weight excluding hydrogens is 324 g/mol. The van der Waals surface area contributed by atoms with E-state index in [0.717, 1.165) is 17.1 Å². The Bertz CT molecular complexity index is 826. The van der Waals surface area contributed by atoms with Crippen molar-refractivity contribution in [3.8, 4) is 11.3 Å². The molecule has 7 heteroatoms. The lowest BCUT2D eigenvalue weighted by molar-refractivity contribution is 0.386. The Morgan fingerprint density at radius 1 is 0.917 bits per heavy atom. The Labute approximate surface area is 143 Å². The summed E-state index contributed by atoms with van der Waals surface area (Å²) in [5.74, 6) is 0.788. The van der Waals surface area contributed by atoms with Gasteiger partial charge in [0, 0.05) is 31.7 Å². The molecule has 0 radical (unpaired) electrons. The lowest BCUT2D eigenvalue weighted by Gasteiger charge is -2.33. The molecule has 1 aliphatic heterocycles. The van der Waals surface area contributed by atoms with E-state index in [1.807, 2.05) is 12.1 Å². The maximum atomic E-state index is 11.6. The van der Waals surface area contributed by atoms with Crippen LogP contribution >= 0.6 is 0 Å². The summed E-state index contributed by atoms with van der Waals surface area (Å²) in [5.41, 5.74) is 4.39. The van der Waals surface area contributed by atoms with E-state index in [-0.39, 0.29) is 0 Å². The highest BCUT2D eigenvalue weighted by atomic mass is 32.2. The number of sulfonamides is 1. The van der Waals surface area contributed by atoms with E-state index >= 15 is 0 Å². The van der Waals surface area contributed by atoms with Crippen molar-refractivity contribution in [3.05, 3.63) is 41.5 Å². The zero-order valence-corrected chi connectivity index (χ0v) is 15.0. The molecule has 1 aromatic heterocycles. The first-order chi connectivity index (χ1) is 11.3. The molecule has 24 heavy (non-hydrogen) atoms. The van der Waals surface area contributed by atoms with E-state index in [1.54, 1.807) is 0 Å². The number of rotatable bonds is 3. The van der Waals surface area contributed by atoms with Gasteiger partial charge >= 0.3 is 0 Å². The minimum absolute atomic E-state index is 0.486. The fraction of sp³-hybridized carbons (Fsp3) is 0.412. The van der Waals surface area contributed by atoms with E-state index in [9.17, 15) is 8.42 Å². The van der Waals surface area contributed by atoms with Crippen molar-refractivity contribution >= 4 is 15.8 Å².